The molecule has 7 rings (SSSR count). The number of benzene rings is 5. The van der Waals surface area contributed by atoms with Crippen LogP contribution in [0.2, 0.25) is 5.02 Å². The summed E-state index contributed by atoms with van der Waals surface area (Å²) in [5, 5.41) is 0.511. The summed E-state index contributed by atoms with van der Waals surface area (Å²) < 4.78 is 13.7. The molecule has 8 heteroatoms. The molecule has 0 saturated heterocycles. The van der Waals surface area contributed by atoms with E-state index in [4.69, 9.17) is 21.1 Å². The van der Waals surface area contributed by atoms with Crippen molar-refractivity contribution in [3.63, 3.8) is 0 Å². The molecule has 7 nitrogen and oxygen atoms in total. The molecule has 6 aromatic rings. The van der Waals surface area contributed by atoms with Crippen molar-refractivity contribution in [3.8, 4) is 22.8 Å². The van der Waals surface area contributed by atoms with E-state index in [9.17, 15) is 9.59 Å². The Labute approximate surface area is 316 Å². The first-order chi connectivity index (χ1) is 25.7. The summed E-state index contributed by atoms with van der Waals surface area (Å²) in [4.78, 5) is 32.7. The Hall–Kier alpha value is -5.79. The number of carbonyl (C=O) groups is 2. The molecule has 2 heterocycles. The fourth-order valence-corrected chi connectivity index (χ4v) is 7.21. The Morgan fingerprint density at radius 1 is 0.811 bits per heavy atom. The first-order valence-electron chi connectivity index (χ1n) is 17.7. The van der Waals surface area contributed by atoms with Crippen molar-refractivity contribution in [3.05, 3.63) is 171 Å². The minimum Gasteiger partial charge on any atom is -0.496 e. The predicted octanol–water partition coefficient (Wildman–Crippen LogP) is 9.60. The van der Waals surface area contributed by atoms with Crippen LogP contribution in [0.1, 0.15) is 54.2 Å². The van der Waals surface area contributed by atoms with Gasteiger partial charge in [0.1, 0.15) is 18.1 Å². The van der Waals surface area contributed by atoms with E-state index in [-0.39, 0.29) is 11.8 Å². The normalized spacial score (nSPS) is 12.3. The molecule has 2 amide bonds. The third-order valence-corrected chi connectivity index (χ3v) is 10.5. The molecule has 0 atom stereocenters. The summed E-state index contributed by atoms with van der Waals surface area (Å²) in [5.41, 5.74) is 9.40. The molecule has 0 bridgehead atoms. The van der Waals surface area contributed by atoms with Gasteiger partial charge >= 0.3 is 0 Å². The molecule has 53 heavy (non-hydrogen) atoms. The number of fused-ring (bicyclic) bond motifs is 1. The summed E-state index contributed by atoms with van der Waals surface area (Å²) in [6, 6.07) is 39.0. The van der Waals surface area contributed by atoms with Gasteiger partial charge in [-0.1, -0.05) is 78.3 Å². The van der Waals surface area contributed by atoms with Crippen molar-refractivity contribution >= 4 is 29.1 Å². The van der Waals surface area contributed by atoms with Gasteiger partial charge in [-0.25, -0.2) is 0 Å². The van der Waals surface area contributed by atoms with Gasteiger partial charge in [-0.15, -0.1) is 0 Å². The SMILES string of the molecule is COc1cccc(CN(C(=O)c2cc(-c3cc(Cl)ccc3C(=O)N3CCc4ccccc4C3)n(C)c2C)c2ccc(OCc3ccccc3)cc2)c1C. The van der Waals surface area contributed by atoms with E-state index in [0.29, 0.717) is 53.7 Å². The average Bonchev–Trinajstić information content (AvgIpc) is 3.49. The summed E-state index contributed by atoms with van der Waals surface area (Å²) in [6.07, 6.45) is 0.801. The molecular formula is C45H42ClN3O4. The van der Waals surface area contributed by atoms with Gasteiger partial charge in [-0.3, -0.25) is 9.59 Å². The summed E-state index contributed by atoms with van der Waals surface area (Å²) in [6.45, 7) is 5.86. The van der Waals surface area contributed by atoms with Crippen molar-refractivity contribution < 1.29 is 19.1 Å². The van der Waals surface area contributed by atoms with Gasteiger partial charge in [-0.2, -0.15) is 0 Å². The molecule has 0 N–H and O–H groups in total. The average molecular weight is 724 g/mol. The molecule has 0 saturated carbocycles. The van der Waals surface area contributed by atoms with Gasteiger partial charge in [-0.05, 0) is 103 Å². The number of hydrogen-bond donors (Lipinski definition) is 0. The van der Waals surface area contributed by atoms with E-state index >= 15 is 0 Å². The highest BCUT2D eigenvalue weighted by Crippen LogP contribution is 2.34. The minimum absolute atomic E-state index is 0.0670. The van der Waals surface area contributed by atoms with Gasteiger partial charge in [0.05, 0.1) is 19.2 Å². The fourth-order valence-electron chi connectivity index (χ4n) is 7.04. The Morgan fingerprint density at radius 3 is 2.30 bits per heavy atom. The molecular weight excluding hydrogens is 682 g/mol. The predicted molar refractivity (Wildman–Crippen MR) is 211 cm³/mol. The van der Waals surface area contributed by atoms with Crippen molar-refractivity contribution in [1.29, 1.82) is 0 Å². The van der Waals surface area contributed by atoms with Crippen LogP contribution in [-0.4, -0.2) is 34.9 Å². The van der Waals surface area contributed by atoms with E-state index in [1.807, 2.05) is 127 Å². The lowest BCUT2D eigenvalue weighted by Gasteiger charge is -2.29. The minimum atomic E-state index is -0.174. The number of ether oxygens (including phenoxy) is 2. The number of nitrogens with zero attached hydrogens (tertiary/aromatic N) is 3. The maximum atomic E-state index is 14.8. The zero-order valence-corrected chi connectivity index (χ0v) is 31.2. The van der Waals surface area contributed by atoms with Crippen LogP contribution in [0.15, 0.2) is 121 Å². The largest absolute Gasteiger partial charge is 0.496 e. The number of amides is 2. The Bertz CT molecular complexity index is 2280. The van der Waals surface area contributed by atoms with Crippen LogP contribution >= 0.6 is 11.6 Å². The van der Waals surface area contributed by atoms with Gasteiger partial charge < -0.3 is 23.8 Å². The number of methoxy groups -OCH3 is 1. The van der Waals surface area contributed by atoms with Crippen molar-refractivity contribution in [2.45, 2.75) is 40.0 Å². The third kappa shape index (κ3) is 7.44. The lowest BCUT2D eigenvalue weighted by Crippen LogP contribution is -2.36. The van der Waals surface area contributed by atoms with Crippen molar-refractivity contribution in [2.24, 2.45) is 7.05 Å². The standard InChI is InChI=1S/C45H42ClN3O4/c1-30-34(15-10-16-43(30)52-4)28-49(37-18-20-38(21-19-37)53-29-32-11-6-5-7-12-32)45(51)40-26-42(47(3)31(40)2)41-25-36(46)17-22-39(41)44(50)48-24-23-33-13-8-9-14-35(33)27-48/h5-22,25-26H,23-24,27-29H2,1-4H3. The number of aromatic nitrogens is 1. The van der Waals surface area contributed by atoms with Crippen LogP contribution in [0, 0.1) is 13.8 Å². The van der Waals surface area contributed by atoms with E-state index in [1.165, 1.54) is 5.56 Å². The molecule has 1 aliphatic heterocycles. The Balaban J connectivity index is 1.23. The number of carbonyl (C=O) groups excluding carboxylic acids is 2. The van der Waals surface area contributed by atoms with E-state index in [2.05, 4.69) is 12.1 Å². The molecule has 1 aromatic heterocycles. The summed E-state index contributed by atoms with van der Waals surface area (Å²) in [7, 11) is 3.57. The van der Waals surface area contributed by atoms with Crippen LogP contribution in [0.5, 0.6) is 11.5 Å². The van der Waals surface area contributed by atoms with Crippen LogP contribution in [0.25, 0.3) is 11.3 Å². The number of halogens is 1. The first-order valence-corrected chi connectivity index (χ1v) is 18.1. The van der Waals surface area contributed by atoms with E-state index in [1.54, 1.807) is 24.1 Å². The Kier molecular flexibility index (Phi) is 10.4. The highest BCUT2D eigenvalue weighted by Gasteiger charge is 2.28. The molecule has 0 aliphatic carbocycles. The van der Waals surface area contributed by atoms with Crippen LogP contribution < -0.4 is 14.4 Å². The molecule has 1 aliphatic rings. The lowest BCUT2D eigenvalue weighted by molar-refractivity contribution is 0.0735. The highest BCUT2D eigenvalue weighted by molar-refractivity contribution is 6.31. The van der Waals surface area contributed by atoms with Gasteiger partial charge in [0.25, 0.3) is 11.8 Å². The fraction of sp³-hybridized carbons (Fsp3) is 0.200. The van der Waals surface area contributed by atoms with Crippen LogP contribution in [-0.2, 0) is 33.2 Å². The van der Waals surface area contributed by atoms with Crippen LogP contribution in [0.4, 0.5) is 5.69 Å². The second kappa shape index (κ2) is 15.4. The quantitative estimate of drug-likeness (QED) is 0.141. The van der Waals surface area contributed by atoms with Crippen molar-refractivity contribution in [1.82, 2.24) is 9.47 Å². The molecule has 5 aromatic carbocycles. The molecule has 0 radical (unpaired) electrons. The van der Waals surface area contributed by atoms with Crippen molar-refractivity contribution in [2.75, 3.05) is 18.6 Å². The Morgan fingerprint density at radius 2 is 1.55 bits per heavy atom. The van der Waals surface area contributed by atoms with Gasteiger partial charge in [0.15, 0.2) is 0 Å². The second-order valence-electron chi connectivity index (χ2n) is 13.4. The maximum Gasteiger partial charge on any atom is 0.260 e. The number of anilines is 1. The second-order valence-corrected chi connectivity index (χ2v) is 13.9. The zero-order chi connectivity index (χ0) is 37.1. The summed E-state index contributed by atoms with van der Waals surface area (Å²) in [5.74, 6) is 1.22. The zero-order valence-electron chi connectivity index (χ0n) is 30.4. The number of hydrogen-bond acceptors (Lipinski definition) is 4. The third-order valence-electron chi connectivity index (χ3n) is 10.3. The topological polar surface area (TPSA) is 64.0 Å². The van der Waals surface area contributed by atoms with Crippen LogP contribution in [0.3, 0.4) is 0 Å². The number of rotatable bonds is 10. The molecule has 268 valence electrons. The summed E-state index contributed by atoms with van der Waals surface area (Å²) >= 11 is 6.59. The monoisotopic (exact) mass is 723 g/mol. The smallest absolute Gasteiger partial charge is 0.260 e. The molecule has 0 fully saturated rings. The van der Waals surface area contributed by atoms with E-state index in [0.717, 1.165) is 51.5 Å². The molecule has 0 unspecified atom stereocenters. The van der Waals surface area contributed by atoms with Gasteiger partial charge in [0.2, 0.25) is 0 Å². The van der Waals surface area contributed by atoms with Gasteiger partial charge in [0, 0.05) is 53.4 Å². The van der Waals surface area contributed by atoms with E-state index < -0.39 is 0 Å². The first kappa shape index (κ1) is 35.6. The maximum absolute atomic E-state index is 14.8. The molecule has 0 spiro atoms. The lowest BCUT2D eigenvalue weighted by atomic mass is 9.97. The highest BCUT2D eigenvalue weighted by atomic mass is 35.5.